The average Bonchev–Trinajstić information content (AvgIpc) is 3.45. The van der Waals surface area contributed by atoms with Gasteiger partial charge in [-0.05, 0) is 51.0 Å². The maximum Gasteiger partial charge on any atom is 0.331 e. The summed E-state index contributed by atoms with van der Waals surface area (Å²) in [7, 11) is 1.52. The van der Waals surface area contributed by atoms with Crippen LogP contribution in [0.25, 0.3) is 0 Å². The van der Waals surface area contributed by atoms with E-state index in [0.29, 0.717) is 36.8 Å². The van der Waals surface area contributed by atoms with E-state index in [1.54, 1.807) is 6.92 Å². The van der Waals surface area contributed by atoms with Crippen molar-refractivity contribution in [2.45, 2.75) is 101 Å². The van der Waals surface area contributed by atoms with Crippen LogP contribution in [0.3, 0.4) is 0 Å². The fraction of sp³-hybridized carbons (Fsp3) is 0.733. The molecule has 0 spiro atoms. The van der Waals surface area contributed by atoms with Gasteiger partial charge < -0.3 is 39.0 Å². The first kappa shape index (κ1) is 26.9. The summed E-state index contributed by atoms with van der Waals surface area (Å²) in [6.45, 7) is 5.70. The molecule has 0 aromatic rings. The van der Waals surface area contributed by atoms with Gasteiger partial charge in [0.05, 0.1) is 23.2 Å². The summed E-state index contributed by atoms with van der Waals surface area (Å²) in [5, 5.41) is 35.6. The highest BCUT2D eigenvalue weighted by atomic mass is 16.8. The van der Waals surface area contributed by atoms with Crippen LogP contribution in [-0.2, 0) is 33.3 Å². The molecular formula is C30H38O10. The highest BCUT2D eigenvalue weighted by Crippen LogP contribution is 2.67. The summed E-state index contributed by atoms with van der Waals surface area (Å²) in [6, 6.07) is 0. The largest absolute Gasteiger partial charge is 0.458 e. The lowest BCUT2D eigenvalue weighted by Crippen LogP contribution is -2.71. The first-order valence-corrected chi connectivity index (χ1v) is 14.3. The van der Waals surface area contributed by atoms with E-state index in [1.807, 2.05) is 26.0 Å². The smallest absolute Gasteiger partial charge is 0.331 e. The summed E-state index contributed by atoms with van der Waals surface area (Å²) >= 11 is 0. The third-order valence-corrected chi connectivity index (χ3v) is 11.3. The number of ketones is 1. The van der Waals surface area contributed by atoms with Gasteiger partial charge in [-0.1, -0.05) is 24.6 Å². The number of carbonyl (C=O) groups excluding carboxylic acids is 2. The summed E-state index contributed by atoms with van der Waals surface area (Å²) in [6.07, 6.45) is 3.16. The van der Waals surface area contributed by atoms with Crippen molar-refractivity contribution in [3.8, 4) is 0 Å². The number of cyclic esters (lactones) is 1. The van der Waals surface area contributed by atoms with Crippen LogP contribution in [0.1, 0.15) is 52.9 Å². The molecule has 2 saturated heterocycles. The fourth-order valence-electron chi connectivity index (χ4n) is 9.22. The molecule has 10 nitrogen and oxygen atoms in total. The van der Waals surface area contributed by atoms with Gasteiger partial charge in [-0.2, -0.15) is 0 Å². The molecule has 7 aliphatic rings. The second-order valence-electron chi connectivity index (χ2n) is 13.2. The molecule has 7 rings (SSSR count). The minimum absolute atomic E-state index is 0.0607. The molecule has 0 aromatic heterocycles. The zero-order chi connectivity index (χ0) is 28.4. The van der Waals surface area contributed by atoms with Gasteiger partial charge in [0.1, 0.15) is 24.9 Å². The van der Waals surface area contributed by atoms with Crippen molar-refractivity contribution in [2.75, 3.05) is 13.7 Å². The van der Waals surface area contributed by atoms with Crippen molar-refractivity contribution < 1.29 is 48.6 Å². The molecular weight excluding hydrogens is 520 g/mol. The second kappa shape index (κ2) is 8.56. The van der Waals surface area contributed by atoms with Gasteiger partial charge in [0.25, 0.3) is 0 Å². The predicted molar refractivity (Wildman–Crippen MR) is 137 cm³/mol. The van der Waals surface area contributed by atoms with Crippen molar-refractivity contribution in [1.29, 1.82) is 0 Å². The zero-order valence-electron chi connectivity index (χ0n) is 23.3. The summed E-state index contributed by atoms with van der Waals surface area (Å²) < 4.78 is 29.2. The van der Waals surface area contributed by atoms with E-state index >= 15 is 0 Å². The Morgan fingerprint density at radius 2 is 1.93 bits per heavy atom. The van der Waals surface area contributed by atoms with Gasteiger partial charge in [-0.3, -0.25) is 4.79 Å². The number of aliphatic hydroxyl groups is 3. The quantitative estimate of drug-likeness (QED) is 0.337. The van der Waals surface area contributed by atoms with E-state index in [9.17, 15) is 24.9 Å². The maximum absolute atomic E-state index is 14.2. The third-order valence-electron chi connectivity index (χ3n) is 11.3. The number of methoxy groups -OCH3 is 1. The number of ether oxygens (including phenoxy) is 5. The van der Waals surface area contributed by atoms with Crippen LogP contribution in [0.2, 0.25) is 0 Å². The summed E-state index contributed by atoms with van der Waals surface area (Å²) in [4.78, 5) is 26.1. The van der Waals surface area contributed by atoms with E-state index in [0.717, 1.165) is 5.57 Å². The van der Waals surface area contributed by atoms with Crippen LogP contribution in [0.15, 0.2) is 34.9 Å². The van der Waals surface area contributed by atoms with Gasteiger partial charge in [0.2, 0.25) is 12.1 Å². The fourth-order valence-corrected chi connectivity index (χ4v) is 9.22. The Morgan fingerprint density at radius 3 is 2.62 bits per heavy atom. The molecule has 3 aliphatic heterocycles. The summed E-state index contributed by atoms with van der Waals surface area (Å²) in [5.41, 5.74) is -1.14. The van der Waals surface area contributed by atoms with Crippen molar-refractivity contribution in [1.82, 2.24) is 0 Å². The second-order valence-corrected chi connectivity index (χ2v) is 13.2. The van der Waals surface area contributed by atoms with Crippen LogP contribution in [0, 0.1) is 22.7 Å². The Kier molecular flexibility index (Phi) is 5.77. The molecule has 218 valence electrons. The Morgan fingerprint density at radius 1 is 1.15 bits per heavy atom. The zero-order valence-corrected chi connectivity index (χ0v) is 23.3. The standard InChI is InChI=1S/C30H38O10/c1-14-9-21(36-4)30(35)26(38-14)39-19-11-16-5-6-18-23(27(16,2)12-20(19)40-30)24(32)25(33)28(3)17(7-8-29(18,28)34)15-10-22(31)37-13-15/h7,10-11,14,18-21,23,25-26,33-35H,5-6,8-9,12-13H2,1-4H3/t14-,18-,19-,20-,21-,23+,25-,26+,27+,28+,29+,30+/m1/s1. The van der Waals surface area contributed by atoms with Gasteiger partial charge in [0.15, 0.2) is 5.78 Å². The number of hydrogen-bond acceptors (Lipinski definition) is 10. The number of aliphatic hydroxyl groups excluding tert-OH is 1. The van der Waals surface area contributed by atoms with E-state index in [2.05, 4.69) is 0 Å². The van der Waals surface area contributed by atoms with Crippen LogP contribution < -0.4 is 0 Å². The molecule has 3 N–H and O–H groups in total. The van der Waals surface area contributed by atoms with E-state index in [-0.39, 0.29) is 24.9 Å². The van der Waals surface area contributed by atoms with E-state index in [1.165, 1.54) is 13.2 Å². The van der Waals surface area contributed by atoms with E-state index < -0.39 is 70.7 Å². The molecule has 0 unspecified atom stereocenters. The Hall–Kier alpha value is -1.92. The lowest BCUT2D eigenvalue weighted by Gasteiger charge is -2.63. The lowest BCUT2D eigenvalue weighted by molar-refractivity contribution is -0.450. The average molecular weight is 559 g/mol. The topological polar surface area (TPSA) is 141 Å². The predicted octanol–water partition coefficient (Wildman–Crippen LogP) is 1.47. The van der Waals surface area contributed by atoms with E-state index in [4.69, 9.17) is 23.7 Å². The monoisotopic (exact) mass is 558 g/mol. The van der Waals surface area contributed by atoms with Crippen LogP contribution >= 0.6 is 0 Å². The number of fused-ring (bicyclic) bond motifs is 7. The molecule has 4 fully saturated rings. The summed E-state index contributed by atoms with van der Waals surface area (Å²) in [5.74, 6) is -3.68. The Balaban J connectivity index is 1.24. The molecule has 0 amide bonds. The first-order chi connectivity index (χ1) is 18.9. The normalized spacial score (nSPS) is 53.2. The van der Waals surface area contributed by atoms with Crippen LogP contribution in [0.4, 0.5) is 0 Å². The molecule has 10 heteroatoms. The third kappa shape index (κ3) is 3.24. The molecule has 12 atom stereocenters. The molecule has 0 radical (unpaired) electrons. The van der Waals surface area contributed by atoms with Gasteiger partial charge in [-0.25, -0.2) is 4.79 Å². The highest BCUT2D eigenvalue weighted by Gasteiger charge is 2.72. The lowest BCUT2D eigenvalue weighted by atomic mass is 9.43. The number of allylic oxidation sites excluding steroid dienone is 1. The Labute approximate surface area is 232 Å². The number of carbonyl (C=O) groups is 2. The number of hydrogen-bond donors (Lipinski definition) is 3. The van der Waals surface area contributed by atoms with Crippen LogP contribution in [-0.4, -0.2) is 89.0 Å². The molecule has 4 aliphatic carbocycles. The van der Waals surface area contributed by atoms with Gasteiger partial charge in [0, 0.05) is 36.5 Å². The van der Waals surface area contributed by atoms with Crippen molar-refractivity contribution in [2.24, 2.45) is 22.7 Å². The van der Waals surface area contributed by atoms with Crippen molar-refractivity contribution in [3.05, 3.63) is 34.9 Å². The maximum atomic E-state index is 14.2. The number of esters is 1. The van der Waals surface area contributed by atoms with Crippen molar-refractivity contribution >= 4 is 11.8 Å². The van der Waals surface area contributed by atoms with Gasteiger partial charge >= 0.3 is 5.97 Å². The molecule has 3 heterocycles. The number of rotatable bonds is 2. The molecule has 2 saturated carbocycles. The minimum Gasteiger partial charge on any atom is -0.458 e. The SMILES string of the molecule is CO[C@@H]1C[C@@H](C)O[C@H]2O[C@@H]3C=C4CC[C@@H]5[C@@H](C(=O)[C@@H](O)[C@]6(C)C(C7=CC(=O)OC7)=CC[C@]56O)[C@@]4(C)C[C@H]3O[C@]21O. The van der Waals surface area contributed by atoms with Crippen molar-refractivity contribution in [3.63, 3.8) is 0 Å². The molecule has 0 aromatic carbocycles. The molecule has 0 bridgehead atoms. The number of Topliss-reactive ketones (excluding diaryl/α,β-unsaturated/α-hetero) is 1. The van der Waals surface area contributed by atoms with Gasteiger partial charge in [-0.15, -0.1) is 0 Å². The Bertz CT molecular complexity index is 1250. The molecule has 40 heavy (non-hydrogen) atoms. The minimum atomic E-state index is -1.80. The highest BCUT2D eigenvalue weighted by molar-refractivity contribution is 5.92. The van der Waals surface area contributed by atoms with Crippen LogP contribution in [0.5, 0.6) is 0 Å². The first-order valence-electron chi connectivity index (χ1n) is 14.3.